The first-order chi connectivity index (χ1) is 11.9. The lowest BCUT2D eigenvalue weighted by atomic mass is 10.1. The van der Waals surface area contributed by atoms with Gasteiger partial charge in [-0.05, 0) is 23.6 Å². The van der Waals surface area contributed by atoms with Gasteiger partial charge in [-0.2, -0.15) is 0 Å². The molecule has 0 aromatic heterocycles. The number of carbonyl (C=O) groups is 1. The Kier molecular flexibility index (Phi) is 6.98. The van der Waals surface area contributed by atoms with Gasteiger partial charge < -0.3 is 9.26 Å². The summed E-state index contributed by atoms with van der Waals surface area (Å²) in [6.07, 6.45) is -0.496. The molecule has 0 spiro atoms. The van der Waals surface area contributed by atoms with Gasteiger partial charge in [0.1, 0.15) is 6.10 Å². The first kappa shape index (κ1) is 19.4. The molecule has 4 nitrogen and oxygen atoms in total. The monoisotopic (exact) mass is 360 g/mol. The predicted octanol–water partition coefficient (Wildman–Crippen LogP) is 4.57. The molecule has 2 aromatic carbocycles. The minimum Gasteiger partial charge on any atom is -0.457 e. The summed E-state index contributed by atoms with van der Waals surface area (Å²) in [5.74, 6) is -0.154. The maximum absolute atomic E-state index is 13.7. The van der Waals surface area contributed by atoms with Gasteiger partial charge in [-0.3, -0.25) is 9.36 Å². The maximum Gasteiger partial charge on any atom is 0.303 e. The van der Waals surface area contributed by atoms with Gasteiger partial charge in [0.15, 0.2) is 0 Å². The molecule has 2 rings (SSSR count). The molecule has 0 saturated carbocycles. The Morgan fingerprint density at radius 3 is 2.08 bits per heavy atom. The molecule has 25 heavy (non-hydrogen) atoms. The number of ether oxygens (including phenoxy) is 1. The van der Waals surface area contributed by atoms with Crippen molar-refractivity contribution in [2.24, 2.45) is 5.92 Å². The standard InChI is InChI=1S/C20H25O4P/c1-16(2)14-23-25(22,19-12-8-5-9-13-19)15-20(24-17(3)21)18-10-6-4-7-11-18/h4-13,16,20H,14-15H2,1-3H3. The first-order valence-electron chi connectivity index (χ1n) is 8.42. The van der Waals surface area contributed by atoms with Crippen LogP contribution in [0.3, 0.4) is 0 Å². The summed E-state index contributed by atoms with van der Waals surface area (Å²) in [5.41, 5.74) is 0.807. The van der Waals surface area contributed by atoms with E-state index in [2.05, 4.69) is 0 Å². The van der Waals surface area contributed by atoms with Crippen molar-refractivity contribution in [3.63, 3.8) is 0 Å². The van der Waals surface area contributed by atoms with Gasteiger partial charge in [-0.25, -0.2) is 0 Å². The molecule has 5 heteroatoms. The summed E-state index contributed by atoms with van der Waals surface area (Å²) in [5, 5.41) is 0.642. The molecule has 0 amide bonds. The molecule has 0 heterocycles. The Morgan fingerprint density at radius 1 is 1.00 bits per heavy atom. The molecular weight excluding hydrogens is 335 g/mol. The highest BCUT2D eigenvalue weighted by Gasteiger charge is 2.32. The Hall–Kier alpha value is -1.90. The average molecular weight is 360 g/mol. The molecule has 0 radical (unpaired) electrons. The fourth-order valence-electron chi connectivity index (χ4n) is 2.45. The van der Waals surface area contributed by atoms with E-state index >= 15 is 0 Å². The first-order valence-corrected chi connectivity index (χ1v) is 10.2. The molecule has 0 N–H and O–H groups in total. The zero-order valence-corrected chi connectivity index (χ0v) is 15.8. The van der Waals surface area contributed by atoms with Crippen LogP contribution in [0.4, 0.5) is 0 Å². The van der Waals surface area contributed by atoms with Crippen LogP contribution in [-0.4, -0.2) is 18.7 Å². The SMILES string of the molecule is CC(=O)OC(CP(=O)(OCC(C)C)c1ccccc1)c1ccccc1. The zero-order valence-electron chi connectivity index (χ0n) is 14.9. The van der Waals surface area contributed by atoms with Crippen LogP contribution in [-0.2, 0) is 18.6 Å². The van der Waals surface area contributed by atoms with E-state index in [-0.39, 0.29) is 12.1 Å². The van der Waals surface area contributed by atoms with Crippen molar-refractivity contribution in [1.82, 2.24) is 0 Å². The van der Waals surface area contributed by atoms with E-state index in [4.69, 9.17) is 9.26 Å². The van der Waals surface area contributed by atoms with Gasteiger partial charge in [0.25, 0.3) is 0 Å². The lowest BCUT2D eigenvalue weighted by molar-refractivity contribution is -0.145. The Balaban J connectivity index is 2.34. The molecule has 2 unspecified atom stereocenters. The number of hydrogen-bond acceptors (Lipinski definition) is 4. The van der Waals surface area contributed by atoms with Crippen LogP contribution >= 0.6 is 7.37 Å². The van der Waals surface area contributed by atoms with Crippen LogP contribution in [0.15, 0.2) is 60.7 Å². The van der Waals surface area contributed by atoms with Gasteiger partial charge >= 0.3 is 5.97 Å². The van der Waals surface area contributed by atoms with E-state index in [0.717, 1.165) is 5.56 Å². The molecule has 2 atom stereocenters. The van der Waals surface area contributed by atoms with Crippen molar-refractivity contribution in [2.45, 2.75) is 26.9 Å². The van der Waals surface area contributed by atoms with E-state index in [1.807, 2.05) is 62.4 Å². The van der Waals surface area contributed by atoms with Crippen LogP contribution in [0.25, 0.3) is 0 Å². The van der Waals surface area contributed by atoms with Gasteiger partial charge in [-0.15, -0.1) is 0 Å². The van der Waals surface area contributed by atoms with Crippen molar-refractivity contribution in [1.29, 1.82) is 0 Å². The summed E-state index contributed by atoms with van der Waals surface area (Å²) < 4.78 is 25.0. The molecule has 0 saturated heterocycles. The average Bonchev–Trinajstić information content (AvgIpc) is 2.61. The molecule has 2 aromatic rings. The second kappa shape index (κ2) is 8.98. The number of esters is 1. The summed E-state index contributed by atoms with van der Waals surface area (Å²) in [6, 6.07) is 18.5. The minimum atomic E-state index is -3.18. The Morgan fingerprint density at radius 2 is 1.56 bits per heavy atom. The summed E-state index contributed by atoms with van der Waals surface area (Å²) in [4.78, 5) is 11.6. The molecule has 0 fully saturated rings. The van der Waals surface area contributed by atoms with Crippen molar-refractivity contribution < 1.29 is 18.6 Å². The smallest absolute Gasteiger partial charge is 0.303 e. The molecule has 0 aliphatic rings. The Bertz CT molecular complexity index is 713. The fourth-order valence-corrected chi connectivity index (χ4v) is 4.81. The summed E-state index contributed by atoms with van der Waals surface area (Å²) in [7, 11) is -3.18. The quantitative estimate of drug-likeness (QED) is 0.511. The van der Waals surface area contributed by atoms with Crippen molar-refractivity contribution in [3.8, 4) is 0 Å². The highest BCUT2D eigenvalue weighted by molar-refractivity contribution is 7.67. The molecule has 0 aliphatic heterocycles. The predicted molar refractivity (Wildman–Crippen MR) is 100 cm³/mol. The topological polar surface area (TPSA) is 52.6 Å². The lowest BCUT2D eigenvalue weighted by Gasteiger charge is -2.25. The van der Waals surface area contributed by atoms with E-state index in [1.54, 1.807) is 12.1 Å². The van der Waals surface area contributed by atoms with Gasteiger partial charge in [0, 0.05) is 12.2 Å². The molecule has 0 aliphatic carbocycles. The van der Waals surface area contributed by atoms with Gasteiger partial charge in [0.05, 0.1) is 12.8 Å². The molecule has 0 bridgehead atoms. The van der Waals surface area contributed by atoms with Crippen molar-refractivity contribution >= 4 is 18.6 Å². The summed E-state index contributed by atoms with van der Waals surface area (Å²) >= 11 is 0. The van der Waals surface area contributed by atoms with Crippen LogP contribution in [0.5, 0.6) is 0 Å². The maximum atomic E-state index is 13.7. The van der Waals surface area contributed by atoms with Crippen molar-refractivity contribution in [2.75, 3.05) is 12.8 Å². The minimum absolute atomic E-state index is 0.118. The number of benzene rings is 2. The second-order valence-corrected chi connectivity index (χ2v) is 8.88. The van der Waals surface area contributed by atoms with Crippen LogP contribution in [0.1, 0.15) is 32.4 Å². The van der Waals surface area contributed by atoms with Gasteiger partial charge in [-0.1, -0.05) is 62.4 Å². The molecular formula is C20H25O4P. The van der Waals surface area contributed by atoms with E-state index in [1.165, 1.54) is 6.92 Å². The number of rotatable bonds is 8. The fraction of sp³-hybridized carbons (Fsp3) is 0.350. The number of hydrogen-bond donors (Lipinski definition) is 0. The molecule has 134 valence electrons. The van der Waals surface area contributed by atoms with Crippen molar-refractivity contribution in [3.05, 3.63) is 66.2 Å². The third-order valence-corrected chi connectivity index (χ3v) is 6.12. The van der Waals surface area contributed by atoms with E-state index in [0.29, 0.717) is 11.9 Å². The van der Waals surface area contributed by atoms with Crippen LogP contribution in [0, 0.1) is 5.92 Å². The third kappa shape index (κ3) is 5.84. The highest BCUT2D eigenvalue weighted by Crippen LogP contribution is 2.49. The third-order valence-electron chi connectivity index (χ3n) is 3.65. The van der Waals surface area contributed by atoms with Gasteiger partial charge in [0.2, 0.25) is 7.37 Å². The Labute approximate surface area is 149 Å². The second-order valence-electron chi connectivity index (χ2n) is 6.39. The van der Waals surface area contributed by atoms with E-state index in [9.17, 15) is 9.36 Å². The number of carbonyl (C=O) groups excluding carboxylic acids is 1. The zero-order chi connectivity index (χ0) is 18.3. The van der Waals surface area contributed by atoms with E-state index < -0.39 is 19.4 Å². The summed E-state index contributed by atoms with van der Waals surface area (Å²) in [6.45, 7) is 5.76. The normalized spacial score (nSPS) is 14.7. The highest BCUT2D eigenvalue weighted by atomic mass is 31.2. The van der Waals surface area contributed by atoms with Crippen LogP contribution in [0.2, 0.25) is 0 Å². The largest absolute Gasteiger partial charge is 0.457 e. The van der Waals surface area contributed by atoms with Crippen LogP contribution < -0.4 is 5.30 Å². The lowest BCUT2D eigenvalue weighted by Crippen LogP contribution is -2.20.